The fraction of sp³-hybridized carbons (Fsp3) is 0. The molecule has 0 radical (unpaired) electrons. The van der Waals surface area contributed by atoms with E-state index >= 15 is 0 Å². The molecule has 0 amide bonds. The van der Waals surface area contributed by atoms with Crippen molar-refractivity contribution in [1.29, 1.82) is 0 Å². The largest absolute Gasteiger partial charge is 0.508 e. The van der Waals surface area contributed by atoms with E-state index in [9.17, 15) is 9.90 Å². The van der Waals surface area contributed by atoms with Crippen molar-refractivity contribution in [3.05, 3.63) is 71.0 Å². The summed E-state index contributed by atoms with van der Waals surface area (Å²) in [6.07, 6.45) is 0. The first-order valence-corrected chi connectivity index (χ1v) is 7.17. The molecule has 0 saturated carbocycles. The average molecular weight is 321 g/mol. The van der Waals surface area contributed by atoms with Crippen LogP contribution in [0.2, 0.25) is 0 Å². The van der Waals surface area contributed by atoms with Crippen molar-refractivity contribution in [3.63, 3.8) is 0 Å². The van der Waals surface area contributed by atoms with E-state index in [1.54, 1.807) is 12.1 Å². The van der Waals surface area contributed by atoms with Crippen molar-refractivity contribution in [2.45, 2.75) is 0 Å². The van der Waals surface area contributed by atoms with Crippen LogP contribution in [0, 0.1) is 0 Å². The smallest absolute Gasteiger partial charge is 0.252 e. The number of H-pyrrole nitrogens is 1. The Hall–Kier alpha value is -3.61. The van der Waals surface area contributed by atoms with Crippen molar-refractivity contribution in [3.8, 4) is 17.0 Å². The quantitative estimate of drug-likeness (QED) is 0.335. The van der Waals surface area contributed by atoms with Gasteiger partial charge < -0.3 is 16.2 Å². The van der Waals surface area contributed by atoms with Gasteiger partial charge in [0.25, 0.3) is 5.56 Å². The van der Waals surface area contributed by atoms with Gasteiger partial charge in [-0.25, -0.2) is 4.98 Å². The Bertz CT molecular complexity index is 918. The number of guanidine groups is 1. The predicted octanol–water partition coefficient (Wildman–Crippen LogP) is 2.20. The Morgan fingerprint density at radius 3 is 2.54 bits per heavy atom. The molecule has 0 aliphatic carbocycles. The predicted molar refractivity (Wildman–Crippen MR) is 93.3 cm³/mol. The van der Waals surface area contributed by atoms with Crippen molar-refractivity contribution < 1.29 is 5.11 Å². The third-order valence-corrected chi connectivity index (χ3v) is 3.16. The van der Waals surface area contributed by atoms with Gasteiger partial charge in [0.1, 0.15) is 5.75 Å². The number of aromatic amines is 1. The molecule has 3 aromatic rings. The van der Waals surface area contributed by atoms with E-state index in [-0.39, 0.29) is 23.2 Å². The molecule has 0 spiro atoms. The summed E-state index contributed by atoms with van der Waals surface area (Å²) in [7, 11) is 0. The van der Waals surface area contributed by atoms with E-state index < -0.39 is 0 Å². The first-order valence-electron chi connectivity index (χ1n) is 7.17. The molecular weight excluding hydrogens is 306 g/mol. The van der Waals surface area contributed by atoms with E-state index in [2.05, 4.69) is 20.3 Å². The average Bonchev–Trinajstić information content (AvgIpc) is 2.57. The number of phenolic OH excluding ortho intramolecular Hbond substituents is 1. The minimum atomic E-state index is -0.319. The summed E-state index contributed by atoms with van der Waals surface area (Å²) in [5.41, 5.74) is 7.48. The van der Waals surface area contributed by atoms with Crippen molar-refractivity contribution in [2.75, 3.05) is 5.32 Å². The monoisotopic (exact) mass is 321 g/mol. The summed E-state index contributed by atoms with van der Waals surface area (Å²) in [6, 6.07) is 17.1. The Morgan fingerprint density at radius 2 is 1.83 bits per heavy atom. The molecule has 5 N–H and O–H groups in total. The SMILES string of the molecule is N/C(=N\c1nc(-c2ccccc2)cc(=O)[nH]1)Nc1ccc(O)cc1. The highest BCUT2D eigenvalue weighted by molar-refractivity contribution is 5.93. The summed E-state index contributed by atoms with van der Waals surface area (Å²) in [4.78, 5) is 22.7. The third-order valence-electron chi connectivity index (χ3n) is 3.16. The van der Waals surface area contributed by atoms with Gasteiger partial charge in [-0.2, -0.15) is 4.99 Å². The van der Waals surface area contributed by atoms with Crippen LogP contribution in [-0.4, -0.2) is 21.0 Å². The molecule has 120 valence electrons. The zero-order valence-corrected chi connectivity index (χ0v) is 12.6. The maximum absolute atomic E-state index is 11.8. The van der Waals surface area contributed by atoms with E-state index in [1.165, 1.54) is 18.2 Å². The number of benzene rings is 2. The lowest BCUT2D eigenvalue weighted by Crippen LogP contribution is -2.22. The van der Waals surface area contributed by atoms with Crippen LogP contribution in [0.5, 0.6) is 5.75 Å². The Balaban J connectivity index is 1.87. The van der Waals surface area contributed by atoms with Crippen LogP contribution < -0.4 is 16.6 Å². The number of nitrogens with zero attached hydrogens (tertiary/aromatic N) is 2. The van der Waals surface area contributed by atoms with E-state index in [0.29, 0.717) is 11.4 Å². The van der Waals surface area contributed by atoms with Gasteiger partial charge in [-0.1, -0.05) is 30.3 Å². The topological polar surface area (TPSA) is 116 Å². The zero-order chi connectivity index (χ0) is 16.9. The summed E-state index contributed by atoms with van der Waals surface area (Å²) in [5.74, 6) is 0.316. The molecule has 0 aliphatic heterocycles. The standard InChI is InChI=1S/C17H15N5O2/c18-16(19-12-6-8-13(23)9-7-12)22-17-20-14(10-15(24)21-17)11-4-2-1-3-5-11/h1-10,23H,(H4,18,19,20,21,22,24). The van der Waals surface area contributed by atoms with E-state index in [4.69, 9.17) is 5.73 Å². The van der Waals surface area contributed by atoms with Gasteiger partial charge in [-0.05, 0) is 24.3 Å². The normalized spacial score (nSPS) is 11.2. The minimum Gasteiger partial charge on any atom is -0.508 e. The van der Waals surface area contributed by atoms with Crippen LogP contribution in [0.3, 0.4) is 0 Å². The number of hydrogen-bond donors (Lipinski definition) is 4. The number of aliphatic imine (C=N–C) groups is 1. The van der Waals surface area contributed by atoms with Crippen molar-refractivity contribution in [2.24, 2.45) is 10.7 Å². The number of anilines is 1. The van der Waals surface area contributed by atoms with Crippen LogP contribution in [-0.2, 0) is 0 Å². The maximum Gasteiger partial charge on any atom is 0.252 e. The Morgan fingerprint density at radius 1 is 1.12 bits per heavy atom. The second-order valence-electron chi connectivity index (χ2n) is 4.99. The van der Waals surface area contributed by atoms with Crippen LogP contribution in [0.4, 0.5) is 11.6 Å². The summed E-state index contributed by atoms with van der Waals surface area (Å²) >= 11 is 0. The Labute approximate surface area is 137 Å². The highest BCUT2D eigenvalue weighted by atomic mass is 16.3. The molecular formula is C17H15N5O2. The molecule has 0 saturated heterocycles. The van der Waals surface area contributed by atoms with Crippen molar-refractivity contribution in [1.82, 2.24) is 9.97 Å². The lowest BCUT2D eigenvalue weighted by Gasteiger charge is -2.06. The number of rotatable bonds is 3. The number of aromatic hydroxyl groups is 1. The number of phenols is 1. The lowest BCUT2D eigenvalue weighted by atomic mass is 10.1. The van der Waals surface area contributed by atoms with Crippen LogP contribution in [0.25, 0.3) is 11.3 Å². The summed E-state index contributed by atoms with van der Waals surface area (Å²) < 4.78 is 0. The fourth-order valence-corrected chi connectivity index (χ4v) is 2.09. The number of hydrogen-bond acceptors (Lipinski definition) is 4. The second kappa shape index (κ2) is 6.66. The molecule has 0 unspecified atom stereocenters. The summed E-state index contributed by atoms with van der Waals surface area (Å²) in [5, 5.41) is 12.1. The van der Waals surface area contributed by atoms with E-state index in [1.807, 2.05) is 30.3 Å². The van der Waals surface area contributed by atoms with Crippen LogP contribution in [0.1, 0.15) is 0 Å². The van der Waals surface area contributed by atoms with Gasteiger partial charge >= 0.3 is 0 Å². The molecule has 3 rings (SSSR count). The third kappa shape index (κ3) is 3.77. The molecule has 1 heterocycles. The van der Waals surface area contributed by atoms with Crippen LogP contribution >= 0.6 is 0 Å². The fourth-order valence-electron chi connectivity index (χ4n) is 2.09. The number of nitrogens with two attached hydrogens (primary N) is 1. The van der Waals surface area contributed by atoms with Gasteiger partial charge in [0.05, 0.1) is 5.69 Å². The van der Waals surface area contributed by atoms with Gasteiger partial charge in [-0.3, -0.25) is 9.78 Å². The number of nitrogens with one attached hydrogen (secondary N) is 2. The van der Waals surface area contributed by atoms with Crippen LogP contribution in [0.15, 0.2) is 70.5 Å². The maximum atomic E-state index is 11.8. The van der Waals surface area contributed by atoms with Gasteiger partial charge in [0, 0.05) is 17.3 Å². The Kier molecular flexibility index (Phi) is 4.24. The highest BCUT2D eigenvalue weighted by Gasteiger charge is 2.04. The molecule has 0 bridgehead atoms. The molecule has 2 aromatic carbocycles. The van der Waals surface area contributed by atoms with Gasteiger partial charge in [0.15, 0.2) is 0 Å². The molecule has 7 heteroatoms. The van der Waals surface area contributed by atoms with Gasteiger partial charge in [-0.15, -0.1) is 0 Å². The molecule has 24 heavy (non-hydrogen) atoms. The first kappa shape index (κ1) is 15.3. The molecule has 0 atom stereocenters. The first-order chi connectivity index (χ1) is 11.6. The lowest BCUT2D eigenvalue weighted by molar-refractivity contribution is 0.475. The minimum absolute atomic E-state index is 0.0639. The molecule has 1 aromatic heterocycles. The zero-order valence-electron chi connectivity index (χ0n) is 12.6. The molecule has 0 fully saturated rings. The highest BCUT2D eigenvalue weighted by Crippen LogP contribution is 2.17. The summed E-state index contributed by atoms with van der Waals surface area (Å²) in [6.45, 7) is 0. The van der Waals surface area contributed by atoms with Crippen molar-refractivity contribution >= 4 is 17.6 Å². The molecule has 7 nitrogen and oxygen atoms in total. The van der Waals surface area contributed by atoms with E-state index in [0.717, 1.165) is 5.56 Å². The van der Waals surface area contributed by atoms with Gasteiger partial charge in [0.2, 0.25) is 11.9 Å². The molecule has 0 aliphatic rings. The number of aromatic nitrogens is 2. The second-order valence-corrected chi connectivity index (χ2v) is 4.99.